The van der Waals surface area contributed by atoms with E-state index in [0.29, 0.717) is 19.5 Å². The standard InChI is InChI=1S/C21H18N4O5/c1-30-21(27)15-9-14(10-16(11-15)25(28)29)20(26)24-7-4-13(5-8-24)18-12-23-19-17(18)3-2-6-22-19/h2-4,6,9-12H,5,7-8H2,1H3,(H,22,23). The van der Waals surface area contributed by atoms with Gasteiger partial charge < -0.3 is 14.6 Å². The Morgan fingerprint density at radius 2 is 2.07 bits per heavy atom. The van der Waals surface area contributed by atoms with Crippen LogP contribution in [0.2, 0.25) is 0 Å². The van der Waals surface area contributed by atoms with E-state index < -0.39 is 10.9 Å². The van der Waals surface area contributed by atoms with Gasteiger partial charge in [0.05, 0.1) is 17.6 Å². The predicted molar refractivity (Wildman–Crippen MR) is 109 cm³/mol. The Morgan fingerprint density at radius 1 is 1.27 bits per heavy atom. The van der Waals surface area contributed by atoms with Gasteiger partial charge in [-0.1, -0.05) is 6.08 Å². The van der Waals surface area contributed by atoms with Gasteiger partial charge in [0.15, 0.2) is 0 Å². The number of ether oxygens (including phenoxy) is 1. The number of aromatic amines is 1. The van der Waals surface area contributed by atoms with Gasteiger partial charge in [0.1, 0.15) is 5.65 Å². The van der Waals surface area contributed by atoms with Gasteiger partial charge in [0.25, 0.3) is 11.6 Å². The van der Waals surface area contributed by atoms with Crippen molar-refractivity contribution in [1.29, 1.82) is 0 Å². The summed E-state index contributed by atoms with van der Waals surface area (Å²) in [5, 5.41) is 12.2. The number of esters is 1. The normalized spacial score (nSPS) is 13.8. The largest absolute Gasteiger partial charge is 0.465 e. The molecule has 9 nitrogen and oxygen atoms in total. The van der Waals surface area contributed by atoms with Crippen molar-refractivity contribution in [1.82, 2.24) is 14.9 Å². The predicted octanol–water partition coefficient (Wildman–Crippen LogP) is 3.19. The maximum Gasteiger partial charge on any atom is 0.338 e. The van der Waals surface area contributed by atoms with Gasteiger partial charge in [0.2, 0.25) is 0 Å². The molecule has 1 amide bonds. The molecule has 0 saturated heterocycles. The summed E-state index contributed by atoms with van der Waals surface area (Å²) in [5.41, 5.74) is 2.67. The van der Waals surface area contributed by atoms with Crippen LogP contribution >= 0.6 is 0 Å². The van der Waals surface area contributed by atoms with Crippen LogP contribution in [0, 0.1) is 10.1 Å². The van der Waals surface area contributed by atoms with Gasteiger partial charge in [-0.2, -0.15) is 0 Å². The first-order valence-electron chi connectivity index (χ1n) is 9.26. The Balaban J connectivity index is 1.59. The van der Waals surface area contributed by atoms with Crippen molar-refractivity contribution in [3.05, 3.63) is 75.6 Å². The molecule has 152 valence electrons. The number of aromatic nitrogens is 2. The maximum atomic E-state index is 12.9. The van der Waals surface area contributed by atoms with Crippen LogP contribution in [0.25, 0.3) is 16.6 Å². The highest BCUT2D eigenvalue weighted by Gasteiger charge is 2.24. The number of carbonyl (C=O) groups excluding carboxylic acids is 2. The highest BCUT2D eigenvalue weighted by Crippen LogP contribution is 2.29. The number of pyridine rings is 1. The topological polar surface area (TPSA) is 118 Å². The molecule has 0 bridgehead atoms. The SMILES string of the molecule is COC(=O)c1cc(C(=O)N2CC=C(c3c[nH]c4ncccc34)CC2)cc([N+](=O)[O-])c1. The minimum absolute atomic E-state index is 0.0328. The molecule has 0 saturated carbocycles. The van der Waals surface area contributed by atoms with Crippen molar-refractivity contribution in [3.8, 4) is 0 Å². The number of hydrogen-bond acceptors (Lipinski definition) is 6. The van der Waals surface area contributed by atoms with Crippen LogP contribution in [0.4, 0.5) is 5.69 Å². The van der Waals surface area contributed by atoms with E-state index in [1.807, 2.05) is 24.4 Å². The smallest absolute Gasteiger partial charge is 0.338 e. The molecule has 1 N–H and O–H groups in total. The average molecular weight is 406 g/mol. The van der Waals surface area contributed by atoms with E-state index in [1.54, 1.807) is 11.1 Å². The minimum Gasteiger partial charge on any atom is -0.465 e. The van der Waals surface area contributed by atoms with E-state index in [1.165, 1.54) is 19.2 Å². The number of fused-ring (bicyclic) bond motifs is 1. The second-order valence-electron chi connectivity index (χ2n) is 6.85. The van der Waals surface area contributed by atoms with Gasteiger partial charge in [-0.05, 0) is 30.2 Å². The second kappa shape index (κ2) is 7.78. The van der Waals surface area contributed by atoms with E-state index in [-0.39, 0.29) is 22.7 Å². The number of non-ortho nitro benzene ring substituents is 1. The number of nitro groups is 1. The van der Waals surface area contributed by atoms with Crippen molar-refractivity contribution < 1.29 is 19.2 Å². The Bertz CT molecular complexity index is 1200. The van der Waals surface area contributed by atoms with Crippen LogP contribution < -0.4 is 0 Å². The van der Waals surface area contributed by atoms with Crippen molar-refractivity contribution in [2.45, 2.75) is 6.42 Å². The summed E-state index contributed by atoms with van der Waals surface area (Å²) < 4.78 is 4.64. The third kappa shape index (κ3) is 3.52. The summed E-state index contributed by atoms with van der Waals surface area (Å²) in [6, 6.07) is 7.47. The molecule has 0 unspecified atom stereocenters. The first-order valence-corrected chi connectivity index (χ1v) is 9.26. The molecule has 0 atom stereocenters. The quantitative estimate of drug-likeness (QED) is 0.404. The molecule has 30 heavy (non-hydrogen) atoms. The van der Waals surface area contributed by atoms with Gasteiger partial charge in [0, 0.05) is 54.1 Å². The molecule has 9 heteroatoms. The third-order valence-electron chi connectivity index (χ3n) is 5.09. The minimum atomic E-state index is -0.735. The summed E-state index contributed by atoms with van der Waals surface area (Å²) in [5.74, 6) is -1.11. The van der Waals surface area contributed by atoms with Crippen LogP contribution in [-0.2, 0) is 4.74 Å². The Hall–Kier alpha value is -4.01. The highest BCUT2D eigenvalue weighted by molar-refractivity contribution is 5.99. The summed E-state index contributed by atoms with van der Waals surface area (Å²) >= 11 is 0. The summed E-state index contributed by atoms with van der Waals surface area (Å²) in [6.07, 6.45) is 6.23. The number of carbonyl (C=O) groups is 2. The number of amides is 1. The van der Waals surface area contributed by atoms with Crippen LogP contribution in [-0.4, -0.2) is 51.9 Å². The van der Waals surface area contributed by atoms with Crippen molar-refractivity contribution >= 4 is 34.2 Å². The molecule has 3 aromatic rings. The lowest BCUT2D eigenvalue weighted by molar-refractivity contribution is -0.384. The number of nitro benzene ring substituents is 1. The Kier molecular flexibility index (Phi) is 5.01. The number of benzene rings is 1. The molecule has 1 aliphatic rings. The van der Waals surface area contributed by atoms with Gasteiger partial charge >= 0.3 is 5.97 Å². The monoisotopic (exact) mass is 406 g/mol. The van der Waals surface area contributed by atoms with E-state index in [4.69, 9.17) is 0 Å². The molecule has 2 aromatic heterocycles. The molecule has 0 spiro atoms. The summed E-state index contributed by atoms with van der Waals surface area (Å²) in [7, 11) is 1.18. The lowest BCUT2D eigenvalue weighted by Gasteiger charge is -2.26. The molecule has 3 heterocycles. The maximum absolute atomic E-state index is 12.9. The van der Waals surface area contributed by atoms with E-state index >= 15 is 0 Å². The molecular weight excluding hydrogens is 388 g/mol. The lowest BCUT2D eigenvalue weighted by Crippen LogP contribution is -2.34. The van der Waals surface area contributed by atoms with Gasteiger partial charge in [-0.3, -0.25) is 14.9 Å². The number of nitrogens with one attached hydrogen (secondary N) is 1. The summed E-state index contributed by atoms with van der Waals surface area (Å²) in [4.78, 5) is 44.4. The molecule has 1 aromatic carbocycles. The number of nitrogens with zero attached hydrogens (tertiary/aromatic N) is 3. The first kappa shape index (κ1) is 19.3. The fourth-order valence-corrected chi connectivity index (χ4v) is 3.58. The Labute approximate surface area is 171 Å². The zero-order valence-corrected chi connectivity index (χ0v) is 16.1. The fraction of sp³-hybridized carbons (Fsp3) is 0.190. The van der Waals surface area contributed by atoms with Crippen molar-refractivity contribution in [2.24, 2.45) is 0 Å². The second-order valence-corrected chi connectivity index (χ2v) is 6.85. The number of methoxy groups -OCH3 is 1. The molecule has 0 aliphatic carbocycles. The first-order chi connectivity index (χ1) is 14.5. The van der Waals surface area contributed by atoms with Crippen molar-refractivity contribution in [3.63, 3.8) is 0 Å². The Morgan fingerprint density at radius 3 is 2.77 bits per heavy atom. The van der Waals surface area contributed by atoms with E-state index in [2.05, 4.69) is 14.7 Å². The number of H-pyrrole nitrogens is 1. The lowest BCUT2D eigenvalue weighted by atomic mass is 9.99. The third-order valence-corrected chi connectivity index (χ3v) is 5.09. The van der Waals surface area contributed by atoms with E-state index in [9.17, 15) is 19.7 Å². The zero-order valence-electron chi connectivity index (χ0n) is 16.1. The summed E-state index contributed by atoms with van der Waals surface area (Å²) in [6.45, 7) is 0.811. The zero-order chi connectivity index (χ0) is 21.3. The van der Waals surface area contributed by atoms with Crippen LogP contribution in [0.5, 0.6) is 0 Å². The van der Waals surface area contributed by atoms with Crippen molar-refractivity contribution in [2.75, 3.05) is 20.2 Å². The molecule has 1 aliphatic heterocycles. The number of hydrogen-bond donors (Lipinski definition) is 1. The highest BCUT2D eigenvalue weighted by atomic mass is 16.6. The van der Waals surface area contributed by atoms with E-state index in [0.717, 1.165) is 28.2 Å². The van der Waals surface area contributed by atoms with Gasteiger partial charge in [-0.25, -0.2) is 9.78 Å². The van der Waals surface area contributed by atoms with Crippen LogP contribution in [0.15, 0.2) is 48.8 Å². The number of rotatable bonds is 4. The van der Waals surface area contributed by atoms with Gasteiger partial charge in [-0.15, -0.1) is 0 Å². The molecule has 0 fully saturated rings. The fourth-order valence-electron chi connectivity index (χ4n) is 3.58. The molecular formula is C21H18N4O5. The van der Waals surface area contributed by atoms with Crippen LogP contribution in [0.1, 0.15) is 32.7 Å². The average Bonchev–Trinajstić information content (AvgIpc) is 3.22. The molecule has 0 radical (unpaired) electrons. The van der Waals surface area contributed by atoms with Crippen LogP contribution in [0.3, 0.4) is 0 Å². The molecule has 4 rings (SSSR count).